The van der Waals surface area contributed by atoms with Crippen molar-refractivity contribution in [3.63, 3.8) is 0 Å². The molecule has 1 aliphatic carbocycles. The summed E-state index contributed by atoms with van der Waals surface area (Å²) >= 11 is 5.94. The molecule has 0 aromatic heterocycles. The fourth-order valence-corrected chi connectivity index (χ4v) is 2.42. The van der Waals surface area contributed by atoms with Crippen LogP contribution in [0.25, 0.3) is 0 Å². The molecule has 1 aromatic carbocycles. The van der Waals surface area contributed by atoms with Crippen molar-refractivity contribution in [2.75, 3.05) is 0 Å². The van der Waals surface area contributed by atoms with E-state index in [1.165, 1.54) is 12.1 Å². The molecule has 0 amide bonds. The van der Waals surface area contributed by atoms with Crippen LogP contribution in [0.3, 0.4) is 0 Å². The van der Waals surface area contributed by atoms with Crippen LogP contribution in [-0.4, -0.2) is 11.1 Å². The van der Waals surface area contributed by atoms with Gasteiger partial charge in [0.15, 0.2) is 0 Å². The largest absolute Gasteiger partial charge is 0.481 e. The van der Waals surface area contributed by atoms with E-state index >= 15 is 0 Å². The Hall–Kier alpha value is -1.09. The second-order valence-corrected chi connectivity index (χ2v) is 4.79. The summed E-state index contributed by atoms with van der Waals surface area (Å²) in [6.07, 6.45) is 1.42. The minimum Gasteiger partial charge on any atom is -0.481 e. The lowest BCUT2D eigenvalue weighted by Crippen LogP contribution is -2.16. The summed E-state index contributed by atoms with van der Waals surface area (Å²) in [6, 6.07) is 2.82. The Bertz CT molecular complexity index is 453. The zero-order valence-corrected chi connectivity index (χ0v) is 9.64. The van der Waals surface area contributed by atoms with Gasteiger partial charge in [-0.2, -0.15) is 0 Å². The predicted molar refractivity (Wildman–Crippen MR) is 59.3 cm³/mol. The van der Waals surface area contributed by atoms with Gasteiger partial charge in [-0.05, 0) is 43.0 Å². The molecule has 1 aromatic rings. The molecule has 0 atom stereocenters. The van der Waals surface area contributed by atoms with Gasteiger partial charge in [0.25, 0.3) is 0 Å². The minimum absolute atomic E-state index is 0.0227. The van der Waals surface area contributed by atoms with Gasteiger partial charge in [0.05, 0.1) is 6.42 Å². The average Bonchev–Trinajstić information content (AvgIpc) is 2.92. The monoisotopic (exact) mass is 242 g/mol. The van der Waals surface area contributed by atoms with E-state index in [1.807, 2.05) is 0 Å². The lowest BCUT2D eigenvalue weighted by atomic mass is 9.88. The van der Waals surface area contributed by atoms with Crippen LogP contribution < -0.4 is 0 Å². The van der Waals surface area contributed by atoms with Crippen LogP contribution in [-0.2, 0) is 10.2 Å². The maximum Gasteiger partial charge on any atom is 0.304 e. The number of carbonyl (C=O) groups is 1. The molecule has 1 saturated carbocycles. The first kappa shape index (κ1) is 11.4. The SMILES string of the molecule is Cc1c(Cl)ccc(F)c1C1(CC(=O)O)CC1. The summed E-state index contributed by atoms with van der Waals surface area (Å²) in [5.41, 5.74) is 0.632. The third-order valence-electron chi connectivity index (χ3n) is 3.22. The molecule has 1 aliphatic rings. The Morgan fingerprint density at radius 3 is 2.69 bits per heavy atom. The number of carboxylic acids is 1. The Morgan fingerprint density at radius 1 is 1.56 bits per heavy atom. The molecule has 1 fully saturated rings. The molecule has 16 heavy (non-hydrogen) atoms. The first-order valence-corrected chi connectivity index (χ1v) is 5.51. The first-order chi connectivity index (χ1) is 7.46. The molecule has 0 saturated heterocycles. The van der Waals surface area contributed by atoms with Gasteiger partial charge in [-0.1, -0.05) is 11.6 Å². The Labute approximate surface area is 98.0 Å². The predicted octanol–water partition coefficient (Wildman–Crippen LogP) is 3.29. The van der Waals surface area contributed by atoms with Gasteiger partial charge >= 0.3 is 5.97 Å². The number of halogens is 2. The molecule has 0 radical (unpaired) electrons. The fraction of sp³-hybridized carbons (Fsp3) is 0.417. The lowest BCUT2D eigenvalue weighted by molar-refractivity contribution is -0.137. The van der Waals surface area contributed by atoms with E-state index in [-0.39, 0.29) is 12.2 Å². The summed E-state index contributed by atoms with van der Waals surface area (Å²) in [7, 11) is 0. The van der Waals surface area contributed by atoms with Crippen molar-refractivity contribution in [2.24, 2.45) is 0 Å². The quantitative estimate of drug-likeness (QED) is 0.883. The molecular weight excluding hydrogens is 231 g/mol. The van der Waals surface area contributed by atoms with E-state index in [4.69, 9.17) is 16.7 Å². The molecule has 2 rings (SSSR count). The fourth-order valence-electron chi connectivity index (χ4n) is 2.26. The molecule has 0 aliphatic heterocycles. The number of hydrogen-bond acceptors (Lipinski definition) is 1. The molecule has 2 nitrogen and oxygen atoms in total. The topological polar surface area (TPSA) is 37.3 Å². The van der Waals surface area contributed by atoms with Crippen molar-refractivity contribution in [3.8, 4) is 0 Å². The van der Waals surface area contributed by atoms with E-state index in [0.717, 1.165) is 12.8 Å². The van der Waals surface area contributed by atoms with E-state index in [1.54, 1.807) is 6.92 Å². The van der Waals surface area contributed by atoms with Crippen molar-refractivity contribution in [1.82, 2.24) is 0 Å². The second-order valence-electron chi connectivity index (χ2n) is 4.38. The van der Waals surface area contributed by atoms with Gasteiger partial charge in [-0.3, -0.25) is 4.79 Å². The summed E-state index contributed by atoms with van der Waals surface area (Å²) in [5, 5.41) is 9.34. The van der Waals surface area contributed by atoms with Gasteiger partial charge in [-0.15, -0.1) is 0 Å². The molecule has 0 heterocycles. The Balaban J connectivity index is 2.48. The maximum absolute atomic E-state index is 13.8. The van der Waals surface area contributed by atoms with Crippen LogP contribution >= 0.6 is 11.6 Å². The smallest absolute Gasteiger partial charge is 0.304 e. The van der Waals surface area contributed by atoms with Crippen molar-refractivity contribution >= 4 is 17.6 Å². The minimum atomic E-state index is -0.892. The molecule has 86 valence electrons. The standard InChI is InChI=1S/C12H12ClFO2/c1-7-8(13)2-3-9(14)11(7)12(4-5-12)6-10(15)16/h2-3H,4-6H2,1H3,(H,15,16). The first-order valence-electron chi connectivity index (χ1n) is 5.13. The normalized spacial score (nSPS) is 17.2. The second kappa shape index (κ2) is 3.74. The van der Waals surface area contributed by atoms with E-state index < -0.39 is 11.4 Å². The van der Waals surface area contributed by atoms with Crippen LogP contribution in [0.5, 0.6) is 0 Å². The number of aliphatic carboxylic acids is 1. The summed E-state index contributed by atoms with van der Waals surface area (Å²) in [6.45, 7) is 1.74. The molecule has 4 heteroatoms. The van der Waals surface area contributed by atoms with E-state index in [0.29, 0.717) is 16.1 Å². The zero-order chi connectivity index (χ0) is 11.9. The Kier molecular flexibility index (Phi) is 2.66. The maximum atomic E-state index is 13.8. The average molecular weight is 243 g/mol. The van der Waals surface area contributed by atoms with E-state index in [2.05, 4.69) is 0 Å². The third kappa shape index (κ3) is 1.80. The zero-order valence-electron chi connectivity index (χ0n) is 8.89. The highest BCUT2D eigenvalue weighted by molar-refractivity contribution is 6.31. The Morgan fingerprint density at radius 2 is 2.19 bits per heavy atom. The van der Waals surface area contributed by atoms with Crippen molar-refractivity contribution in [1.29, 1.82) is 0 Å². The molecule has 0 bridgehead atoms. The number of hydrogen-bond donors (Lipinski definition) is 1. The van der Waals surface area contributed by atoms with Gasteiger partial charge in [0.2, 0.25) is 0 Å². The van der Waals surface area contributed by atoms with Crippen LogP contribution in [0.2, 0.25) is 5.02 Å². The molecule has 0 spiro atoms. The van der Waals surface area contributed by atoms with Crippen molar-refractivity contribution < 1.29 is 14.3 Å². The number of rotatable bonds is 3. The highest BCUT2D eigenvalue weighted by Crippen LogP contribution is 2.53. The van der Waals surface area contributed by atoms with Gasteiger partial charge in [0, 0.05) is 10.4 Å². The van der Waals surface area contributed by atoms with Gasteiger partial charge in [0.1, 0.15) is 5.82 Å². The number of carboxylic acid groups (broad SMARTS) is 1. The third-order valence-corrected chi connectivity index (χ3v) is 3.63. The van der Waals surface area contributed by atoms with Crippen LogP contribution in [0.4, 0.5) is 4.39 Å². The highest BCUT2D eigenvalue weighted by Gasteiger charge is 2.48. The van der Waals surface area contributed by atoms with Crippen molar-refractivity contribution in [3.05, 3.63) is 34.1 Å². The van der Waals surface area contributed by atoms with Gasteiger partial charge in [-0.25, -0.2) is 4.39 Å². The molecular formula is C12H12ClFO2. The lowest BCUT2D eigenvalue weighted by Gasteiger charge is -2.17. The van der Waals surface area contributed by atoms with Crippen molar-refractivity contribution in [2.45, 2.75) is 31.6 Å². The molecule has 1 N–H and O–H groups in total. The van der Waals surface area contributed by atoms with Gasteiger partial charge < -0.3 is 5.11 Å². The van der Waals surface area contributed by atoms with E-state index in [9.17, 15) is 9.18 Å². The summed E-state index contributed by atoms with van der Waals surface area (Å²) in [5.74, 6) is -1.24. The number of benzene rings is 1. The van der Waals surface area contributed by atoms with Crippen LogP contribution in [0.15, 0.2) is 12.1 Å². The van der Waals surface area contributed by atoms with Crippen LogP contribution in [0, 0.1) is 12.7 Å². The summed E-state index contributed by atoms with van der Waals surface area (Å²) in [4.78, 5) is 10.8. The highest BCUT2D eigenvalue weighted by atomic mass is 35.5. The van der Waals surface area contributed by atoms with Crippen LogP contribution in [0.1, 0.15) is 30.4 Å². The summed E-state index contributed by atoms with van der Waals surface area (Å²) < 4.78 is 13.8. The molecule has 0 unspecified atom stereocenters.